The Morgan fingerprint density at radius 1 is 0.615 bits per heavy atom. The first-order chi connectivity index (χ1) is 12.4. The Labute approximate surface area is 153 Å². The lowest BCUT2D eigenvalue weighted by atomic mass is 9.93. The minimum Gasteiger partial charge on any atom is -0.289 e. The molecule has 1 aromatic heterocycles. The molecule has 3 aromatic rings. The van der Waals surface area contributed by atoms with Gasteiger partial charge in [0.25, 0.3) is 0 Å². The van der Waals surface area contributed by atoms with Crippen molar-refractivity contribution >= 4 is 11.6 Å². The number of pyridine rings is 1. The normalized spacial score (nSPS) is 10.6. The van der Waals surface area contributed by atoms with Crippen molar-refractivity contribution in [1.29, 1.82) is 0 Å². The van der Waals surface area contributed by atoms with Crippen molar-refractivity contribution in [2.45, 2.75) is 27.7 Å². The lowest BCUT2D eigenvalue weighted by Gasteiger charge is -2.12. The maximum Gasteiger partial charge on any atom is 0.195 e. The SMILES string of the molecule is Cc1ccccc1C(=O)c1cc(C(=O)c2ccccc2C)c(C)nc1C. The molecular weight excluding hydrogens is 322 g/mol. The molecule has 26 heavy (non-hydrogen) atoms. The first-order valence-corrected chi connectivity index (χ1v) is 8.59. The van der Waals surface area contributed by atoms with E-state index in [4.69, 9.17) is 0 Å². The number of hydrogen-bond donors (Lipinski definition) is 0. The van der Waals surface area contributed by atoms with E-state index >= 15 is 0 Å². The molecule has 2 aromatic carbocycles. The summed E-state index contributed by atoms with van der Waals surface area (Å²) in [5.41, 5.74) is 5.30. The summed E-state index contributed by atoms with van der Waals surface area (Å²) in [6.07, 6.45) is 0. The van der Waals surface area contributed by atoms with Gasteiger partial charge in [-0.05, 0) is 44.9 Å². The molecule has 0 saturated heterocycles. The number of nitrogens with zero attached hydrogens (tertiary/aromatic N) is 1. The highest BCUT2D eigenvalue weighted by Crippen LogP contribution is 2.22. The molecule has 3 rings (SSSR count). The average molecular weight is 343 g/mol. The van der Waals surface area contributed by atoms with Gasteiger partial charge in [-0.15, -0.1) is 0 Å². The minimum absolute atomic E-state index is 0.105. The molecule has 0 atom stereocenters. The number of aromatic nitrogens is 1. The molecule has 130 valence electrons. The first-order valence-electron chi connectivity index (χ1n) is 8.59. The summed E-state index contributed by atoms with van der Waals surface area (Å²) in [4.78, 5) is 30.5. The highest BCUT2D eigenvalue weighted by atomic mass is 16.1. The van der Waals surface area contributed by atoms with Gasteiger partial charge in [-0.25, -0.2) is 0 Å². The summed E-state index contributed by atoms with van der Waals surface area (Å²) in [7, 11) is 0. The second-order valence-electron chi connectivity index (χ2n) is 6.54. The van der Waals surface area contributed by atoms with Crippen LogP contribution >= 0.6 is 0 Å². The molecule has 0 unspecified atom stereocenters. The van der Waals surface area contributed by atoms with Gasteiger partial charge in [0.05, 0.1) is 0 Å². The van der Waals surface area contributed by atoms with Gasteiger partial charge in [-0.3, -0.25) is 14.6 Å². The summed E-state index contributed by atoms with van der Waals surface area (Å²) in [6, 6.07) is 16.6. The van der Waals surface area contributed by atoms with E-state index < -0.39 is 0 Å². The lowest BCUT2D eigenvalue weighted by molar-refractivity contribution is 0.103. The largest absolute Gasteiger partial charge is 0.289 e. The molecule has 1 heterocycles. The Morgan fingerprint density at radius 2 is 1.00 bits per heavy atom. The summed E-state index contributed by atoms with van der Waals surface area (Å²) < 4.78 is 0. The number of aryl methyl sites for hydroxylation is 4. The van der Waals surface area contributed by atoms with E-state index in [-0.39, 0.29) is 11.6 Å². The molecule has 0 aliphatic carbocycles. The molecule has 0 saturated carbocycles. The third kappa shape index (κ3) is 3.21. The molecule has 0 N–H and O–H groups in total. The van der Waals surface area contributed by atoms with Crippen molar-refractivity contribution in [1.82, 2.24) is 4.98 Å². The van der Waals surface area contributed by atoms with Crippen LogP contribution in [-0.2, 0) is 0 Å². The van der Waals surface area contributed by atoms with Gasteiger partial charge in [0.2, 0.25) is 0 Å². The van der Waals surface area contributed by atoms with E-state index in [1.165, 1.54) is 0 Å². The van der Waals surface area contributed by atoms with Crippen molar-refractivity contribution < 1.29 is 9.59 Å². The molecule has 0 spiro atoms. The van der Waals surface area contributed by atoms with E-state index in [0.717, 1.165) is 11.1 Å². The van der Waals surface area contributed by atoms with Crippen LogP contribution in [0.5, 0.6) is 0 Å². The maximum absolute atomic E-state index is 13.0. The van der Waals surface area contributed by atoms with Gasteiger partial charge in [-0.2, -0.15) is 0 Å². The van der Waals surface area contributed by atoms with Gasteiger partial charge in [-0.1, -0.05) is 48.5 Å². The zero-order valence-corrected chi connectivity index (χ0v) is 15.5. The zero-order valence-electron chi connectivity index (χ0n) is 15.5. The van der Waals surface area contributed by atoms with Crippen LogP contribution in [-0.4, -0.2) is 16.6 Å². The van der Waals surface area contributed by atoms with Crippen LogP contribution in [0.2, 0.25) is 0 Å². The van der Waals surface area contributed by atoms with Gasteiger partial charge >= 0.3 is 0 Å². The van der Waals surface area contributed by atoms with Gasteiger partial charge < -0.3 is 0 Å². The van der Waals surface area contributed by atoms with Crippen LogP contribution in [0.1, 0.15) is 54.4 Å². The van der Waals surface area contributed by atoms with Crippen LogP contribution in [0.25, 0.3) is 0 Å². The number of hydrogen-bond acceptors (Lipinski definition) is 3. The second-order valence-corrected chi connectivity index (χ2v) is 6.54. The van der Waals surface area contributed by atoms with E-state index in [1.807, 2.05) is 50.2 Å². The van der Waals surface area contributed by atoms with Gasteiger partial charge in [0.1, 0.15) is 0 Å². The molecule has 0 aliphatic heterocycles. The van der Waals surface area contributed by atoms with Gasteiger partial charge in [0, 0.05) is 33.6 Å². The Kier molecular flexibility index (Phi) is 4.81. The zero-order chi connectivity index (χ0) is 18.8. The summed E-state index contributed by atoms with van der Waals surface area (Å²) in [6.45, 7) is 7.42. The smallest absolute Gasteiger partial charge is 0.195 e. The van der Waals surface area contributed by atoms with Crippen molar-refractivity contribution in [2.75, 3.05) is 0 Å². The average Bonchev–Trinajstić information content (AvgIpc) is 2.61. The Bertz CT molecular complexity index is 940. The molecule has 0 amide bonds. The van der Waals surface area contributed by atoms with E-state index in [0.29, 0.717) is 33.6 Å². The third-order valence-electron chi connectivity index (χ3n) is 4.67. The Morgan fingerprint density at radius 3 is 1.38 bits per heavy atom. The second kappa shape index (κ2) is 7.04. The number of carbonyl (C=O) groups excluding carboxylic acids is 2. The molecule has 0 radical (unpaired) electrons. The van der Waals surface area contributed by atoms with Crippen LogP contribution in [0.4, 0.5) is 0 Å². The predicted molar refractivity (Wildman–Crippen MR) is 103 cm³/mol. The summed E-state index contributed by atoms with van der Waals surface area (Å²) in [5.74, 6) is -0.209. The topological polar surface area (TPSA) is 47.0 Å². The van der Waals surface area contributed by atoms with Crippen molar-refractivity contribution in [3.05, 3.63) is 99.4 Å². The van der Waals surface area contributed by atoms with Crippen molar-refractivity contribution in [3.8, 4) is 0 Å². The van der Waals surface area contributed by atoms with E-state index in [9.17, 15) is 9.59 Å². The molecule has 3 heteroatoms. The number of rotatable bonds is 4. The predicted octanol–water partition coefficient (Wildman–Crippen LogP) is 4.78. The summed E-state index contributed by atoms with van der Waals surface area (Å²) in [5, 5.41) is 0. The molecule has 0 aliphatic rings. The van der Waals surface area contributed by atoms with E-state index in [1.54, 1.807) is 32.0 Å². The minimum atomic E-state index is -0.105. The van der Waals surface area contributed by atoms with Crippen LogP contribution in [0.15, 0.2) is 54.6 Å². The van der Waals surface area contributed by atoms with Gasteiger partial charge in [0.15, 0.2) is 11.6 Å². The fraction of sp³-hybridized carbons (Fsp3) is 0.174. The van der Waals surface area contributed by atoms with Crippen LogP contribution in [0, 0.1) is 27.7 Å². The lowest BCUT2D eigenvalue weighted by Crippen LogP contribution is -2.13. The molecule has 3 nitrogen and oxygen atoms in total. The molecule has 0 bridgehead atoms. The maximum atomic E-state index is 13.0. The number of carbonyl (C=O) groups is 2. The Hall–Kier alpha value is -3.07. The fourth-order valence-corrected chi connectivity index (χ4v) is 3.13. The van der Waals surface area contributed by atoms with Crippen LogP contribution < -0.4 is 0 Å². The molecule has 0 fully saturated rings. The fourth-order valence-electron chi connectivity index (χ4n) is 3.13. The van der Waals surface area contributed by atoms with Crippen molar-refractivity contribution in [2.24, 2.45) is 0 Å². The number of benzene rings is 2. The quantitative estimate of drug-likeness (QED) is 0.641. The third-order valence-corrected chi connectivity index (χ3v) is 4.67. The first kappa shape index (κ1) is 17.7. The van der Waals surface area contributed by atoms with E-state index in [2.05, 4.69) is 4.98 Å². The standard InChI is InChI=1S/C23H21NO2/c1-14-9-5-7-11-18(14)22(25)20-13-21(17(4)24-16(20)3)23(26)19-12-8-6-10-15(19)2/h5-13H,1-4H3. The van der Waals surface area contributed by atoms with Crippen LogP contribution in [0.3, 0.4) is 0 Å². The van der Waals surface area contributed by atoms with Crippen molar-refractivity contribution in [3.63, 3.8) is 0 Å². The molecular formula is C23H21NO2. The highest BCUT2D eigenvalue weighted by Gasteiger charge is 2.21. The monoisotopic (exact) mass is 343 g/mol. The Balaban J connectivity index is 2.11. The summed E-state index contributed by atoms with van der Waals surface area (Å²) >= 11 is 0. The number of ketones is 2. The highest BCUT2D eigenvalue weighted by molar-refractivity contribution is 6.14.